The lowest BCUT2D eigenvalue weighted by atomic mass is 9.54. The normalized spacial score (nSPS) is 34.6. The van der Waals surface area contributed by atoms with E-state index in [-0.39, 0.29) is 12.0 Å². The molecule has 0 amide bonds. The van der Waals surface area contributed by atoms with E-state index in [1.807, 2.05) is 12.1 Å². The molecule has 0 aliphatic heterocycles. The molecule has 1 aromatic rings. The maximum Gasteiger partial charge on any atom is 0.325 e. The number of ether oxygens (including phenoxy) is 1. The molecular formula is C23H31NO3. The van der Waals surface area contributed by atoms with Crippen molar-refractivity contribution in [3.05, 3.63) is 29.3 Å². The minimum absolute atomic E-state index is 0.102. The zero-order valence-corrected chi connectivity index (χ0v) is 16.5. The Morgan fingerprint density at radius 2 is 2.15 bits per heavy atom. The summed E-state index contributed by atoms with van der Waals surface area (Å²) in [4.78, 5) is 24.3. The number of nitrogens with two attached hydrogens (primary N) is 1. The molecule has 0 spiro atoms. The van der Waals surface area contributed by atoms with Crippen LogP contribution in [0.5, 0.6) is 5.75 Å². The highest BCUT2D eigenvalue weighted by Gasteiger charge is 2.58. The summed E-state index contributed by atoms with van der Waals surface area (Å²) < 4.78 is 5.31. The summed E-state index contributed by atoms with van der Waals surface area (Å²) >= 11 is 0. The van der Waals surface area contributed by atoms with Crippen LogP contribution in [0.25, 0.3) is 0 Å². The molecule has 4 nitrogen and oxygen atoms in total. The fourth-order valence-electron chi connectivity index (χ4n) is 6.49. The van der Waals surface area contributed by atoms with Gasteiger partial charge in [-0.15, -0.1) is 0 Å². The fraction of sp³-hybridized carbons (Fsp3) is 0.652. The van der Waals surface area contributed by atoms with Gasteiger partial charge < -0.3 is 10.5 Å². The van der Waals surface area contributed by atoms with Crippen molar-refractivity contribution in [2.45, 2.75) is 64.7 Å². The monoisotopic (exact) mass is 369 g/mol. The van der Waals surface area contributed by atoms with Crippen LogP contribution in [0.2, 0.25) is 0 Å². The SMILES string of the molecule is CCCC1CC(=O)C2(C)CCC3c4ccc(OC(=O)CN)cc4CCC3C12. The van der Waals surface area contributed by atoms with E-state index in [1.54, 1.807) is 0 Å². The van der Waals surface area contributed by atoms with E-state index >= 15 is 0 Å². The maximum absolute atomic E-state index is 12.9. The Bertz CT molecular complexity index is 758. The highest BCUT2D eigenvalue weighted by molar-refractivity contribution is 5.87. The minimum atomic E-state index is -0.399. The van der Waals surface area contributed by atoms with Gasteiger partial charge in [0, 0.05) is 11.8 Å². The van der Waals surface area contributed by atoms with Crippen molar-refractivity contribution < 1.29 is 14.3 Å². The van der Waals surface area contributed by atoms with Gasteiger partial charge in [-0.05, 0) is 79.0 Å². The Labute approximate surface area is 161 Å². The maximum atomic E-state index is 12.9. The van der Waals surface area contributed by atoms with E-state index in [2.05, 4.69) is 19.9 Å². The molecule has 5 atom stereocenters. The van der Waals surface area contributed by atoms with Crippen LogP contribution < -0.4 is 10.5 Å². The summed E-state index contributed by atoms with van der Waals surface area (Å²) in [5.41, 5.74) is 7.97. The summed E-state index contributed by atoms with van der Waals surface area (Å²) in [5, 5.41) is 0. The van der Waals surface area contributed by atoms with Crippen LogP contribution in [-0.2, 0) is 16.0 Å². The van der Waals surface area contributed by atoms with Gasteiger partial charge in [0.1, 0.15) is 11.5 Å². The number of aryl methyl sites for hydroxylation is 1. The van der Waals surface area contributed by atoms with Crippen molar-refractivity contribution in [2.75, 3.05) is 6.54 Å². The average Bonchev–Trinajstić information content (AvgIpc) is 2.92. The molecule has 0 heterocycles. The first kappa shape index (κ1) is 18.7. The zero-order chi connectivity index (χ0) is 19.2. The minimum Gasteiger partial charge on any atom is -0.426 e. The predicted molar refractivity (Wildman–Crippen MR) is 105 cm³/mol. The van der Waals surface area contributed by atoms with Gasteiger partial charge in [0.2, 0.25) is 0 Å². The molecule has 146 valence electrons. The van der Waals surface area contributed by atoms with Crippen LogP contribution in [0.15, 0.2) is 18.2 Å². The third kappa shape index (κ3) is 3.02. The quantitative estimate of drug-likeness (QED) is 0.643. The van der Waals surface area contributed by atoms with Crippen molar-refractivity contribution in [1.29, 1.82) is 0 Å². The molecule has 4 heteroatoms. The Kier molecular flexibility index (Phi) is 4.87. The van der Waals surface area contributed by atoms with Gasteiger partial charge in [-0.3, -0.25) is 9.59 Å². The molecule has 0 radical (unpaired) electrons. The summed E-state index contributed by atoms with van der Waals surface area (Å²) in [6.07, 6.45) is 7.38. The molecular weight excluding hydrogens is 338 g/mol. The van der Waals surface area contributed by atoms with E-state index in [0.29, 0.717) is 35.2 Å². The third-order valence-corrected chi connectivity index (χ3v) is 7.60. The lowest BCUT2D eigenvalue weighted by Crippen LogP contribution is -2.44. The van der Waals surface area contributed by atoms with E-state index in [9.17, 15) is 9.59 Å². The number of rotatable bonds is 4. The van der Waals surface area contributed by atoms with Crippen LogP contribution >= 0.6 is 0 Å². The van der Waals surface area contributed by atoms with Crippen LogP contribution in [0.1, 0.15) is 69.4 Å². The van der Waals surface area contributed by atoms with Gasteiger partial charge in [0.15, 0.2) is 0 Å². The van der Waals surface area contributed by atoms with Gasteiger partial charge in [-0.1, -0.05) is 26.3 Å². The Morgan fingerprint density at radius 1 is 1.33 bits per heavy atom. The fourth-order valence-corrected chi connectivity index (χ4v) is 6.49. The molecule has 2 saturated carbocycles. The Hall–Kier alpha value is -1.68. The van der Waals surface area contributed by atoms with Crippen LogP contribution in [0.4, 0.5) is 0 Å². The predicted octanol–water partition coefficient (Wildman–Crippen LogP) is 4.00. The molecule has 2 N–H and O–H groups in total. The highest BCUT2D eigenvalue weighted by atomic mass is 16.5. The highest BCUT2D eigenvalue weighted by Crippen LogP contribution is 2.62. The van der Waals surface area contributed by atoms with Crippen LogP contribution in [0.3, 0.4) is 0 Å². The number of ketones is 1. The first-order valence-electron chi connectivity index (χ1n) is 10.5. The van der Waals surface area contributed by atoms with Gasteiger partial charge >= 0.3 is 5.97 Å². The van der Waals surface area contributed by atoms with Crippen LogP contribution in [-0.4, -0.2) is 18.3 Å². The first-order valence-corrected chi connectivity index (χ1v) is 10.5. The Balaban J connectivity index is 1.63. The van der Waals surface area contributed by atoms with Crippen molar-refractivity contribution in [1.82, 2.24) is 0 Å². The van der Waals surface area contributed by atoms with E-state index in [0.717, 1.165) is 38.5 Å². The number of hydrogen-bond acceptors (Lipinski definition) is 4. The lowest BCUT2D eigenvalue weighted by molar-refractivity contribution is -0.132. The number of esters is 1. The third-order valence-electron chi connectivity index (χ3n) is 7.60. The number of benzene rings is 1. The number of carbonyl (C=O) groups excluding carboxylic acids is 2. The number of fused-ring (bicyclic) bond motifs is 5. The topological polar surface area (TPSA) is 69.4 Å². The van der Waals surface area contributed by atoms with Crippen molar-refractivity contribution >= 4 is 11.8 Å². The Morgan fingerprint density at radius 3 is 2.89 bits per heavy atom. The smallest absolute Gasteiger partial charge is 0.325 e. The lowest BCUT2D eigenvalue weighted by Gasteiger charge is -2.50. The van der Waals surface area contributed by atoms with Gasteiger partial charge in [0.25, 0.3) is 0 Å². The molecule has 2 fully saturated rings. The number of Topliss-reactive ketones (excluding diaryl/α,β-unsaturated/α-hetero) is 1. The average molecular weight is 370 g/mol. The molecule has 27 heavy (non-hydrogen) atoms. The second kappa shape index (κ2) is 7.05. The summed E-state index contributed by atoms with van der Waals surface area (Å²) in [7, 11) is 0. The van der Waals surface area contributed by atoms with Gasteiger partial charge in [-0.2, -0.15) is 0 Å². The first-order chi connectivity index (χ1) is 13.0. The van der Waals surface area contributed by atoms with Crippen molar-refractivity contribution in [3.8, 4) is 5.75 Å². The van der Waals surface area contributed by atoms with Gasteiger partial charge in [0.05, 0.1) is 6.54 Å². The summed E-state index contributed by atoms with van der Waals surface area (Å²) in [5.74, 6) is 2.96. The molecule has 3 aliphatic carbocycles. The molecule has 1 aromatic carbocycles. The van der Waals surface area contributed by atoms with E-state index < -0.39 is 5.97 Å². The molecule has 0 saturated heterocycles. The summed E-state index contributed by atoms with van der Waals surface area (Å²) in [6, 6.07) is 6.09. The molecule has 3 aliphatic rings. The second-order valence-corrected chi connectivity index (χ2v) is 9.01. The van der Waals surface area contributed by atoms with Gasteiger partial charge in [-0.25, -0.2) is 0 Å². The standard InChI is InChI=1S/C23H31NO3/c1-3-4-15-12-20(25)23(2)10-9-18-17-8-6-16(27-21(26)13-24)11-14(17)5-7-19(18)22(15)23/h6,8,11,15,18-19,22H,3-5,7,9-10,12-13,24H2,1-2H3. The van der Waals surface area contributed by atoms with Crippen molar-refractivity contribution in [3.63, 3.8) is 0 Å². The van der Waals surface area contributed by atoms with Crippen molar-refractivity contribution in [2.24, 2.45) is 28.9 Å². The zero-order valence-electron chi connectivity index (χ0n) is 16.5. The molecule has 0 bridgehead atoms. The molecule has 4 rings (SSSR count). The van der Waals surface area contributed by atoms with Crippen LogP contribution in [0, 0.1) is 23.2 Å². The number of carbonyl (C=O) groups is 2. The largest absolute Gasteiger partial charge is 0.426 e. The number of hydrogen-bond donors (Lipinski definition) is 1. The molecule has 5 unspecified atom stereocenters. The molecule has 0 aromatic heterocycles. The second-order valence-electron chi connectivity index (χ2n) is 9.01. The summed E-state index contributed by atoms with van der Waals surface area (Å²) in [6.45, 7) is 4.38. The van der Waals surface area contributed by atoms with E-state index in [4.69, 9.17) is 10.5 Å². The van der Waals surface area contributed by atoms with E-state index in [1.165, 1.54) is 17.5 Å².